The molecule has 0 spiro atoms. The Bertz CT molecular complexity index is 915. The summed E-state index contributed by atoms with van der Waals surface area (Å²) < 4.78 is 38.8. The molecule has 1 saturated heterocycles. The Labute approximate surface area is 160 Å². The van der Waals surface area contributed by atoms with E-state index in [1.54, 1.807) is 0 Å². The van der Waals surface area contributed by atoms with Crippen LogP contribution in [0.25, 0.3) is 11.4 Å². The van der Waals surface area contributed by atoms with E-state index < -0.39 is 11.7 Å². The van der Waals surface area contributed by atoms with E-state index in [-0.39, 0.29) is 0 Å². The van der Waals surface area contributed by atoms with Gasteiger partial charge in [-0.15, -0.1) is 0 Å². The minimum absolute atomic E-state index is 0.516. The Balaban J connectivity index is 1.36. The maximum Gasteiger partial charge on any atom is 0.416 e. The van der Waals surface area contributed by atoms with Crippen LogP contribution in [0.5, 0.6) is 0 Å². The molecule has 1 fully saturated rings. The van der Waals surface area contributed by atoms with E-state index in [9.17, 15) is 13.2 Å². The number of aromatic amines is 2. The van der Waals surface area contributed by atoms with Crippen molar-refractivity contribution in [2.24, 2.45) is 0 Å². The number of H-pyrrole nitrogens is 2. The first-order valence-electron chi connectivity index (χ1n) is 9.26. The zero-order valence-corrected chi connectivity index (χ0v) is 15.3. The van der Waals surface area contributed by atoms with Gasteiger partial charge in [-0.3, -0.25) is 4.90 Å². The van der Waals surface area contributed by atoms with Crippen LogP contribution in [0.4, 0.5) is 19.0 Å². The quantitative estimate of drug-likeness (QED) is 0.715. The maximum atomic E-state index is 12.9. The molecule has 0 saturated carbocycles. The SMILES string of the molecule is FC(F)(F)c1cc[nH+]c(N2CC[NH+](Cc3cnc(-c4ccccc4)[nH]3)CC2)c1. The first kappa shape index (κ1) is 18.5. The molecule has 3 heterocycles. The molecule has 3 aromatic rings. The minimum Gasteiger partial charge on any atom is -0.337 e. The van der Waals surface area contributed by atoms with Crippen molar-refractivity contribution in [3.05, 3.63) is 66.1 Å². The van der Waals surface area contributed by atoms with E-state index in [0.717, 1.165) is 42.8 Å². The molecule has 3 N–H and O–H groups in total. The van der Waals surface area contributed by atoms with E-state index in [4.69, 9.17) is 0 Å². The predicted octanol–water partition coefficient (Wildman–Crippen LogP) is 1.81. The molecule has 4 rings (SSSR count). The Kier molecular flexibility index (Phi) is 5.04. The third kappa shape index (κ3) is 4.17. The van der Waals surface area contributed by atoms with Gasteiger partial charge in [-0.25, -0.2) is 9.97 Å². The van der Waals surface area contributed by atoms with Crippen LogP contribution in [-0.2, 0) is 12.7 Å². The molecule has 2 aromatic heterocycles. The molecule has 8 heteroatoms. The topological polar surface area (TPSA) is 50.5 Å². The highest BCUT2D eigenvalue weighted by molar-refractivity contribution is 5.54. The molecule has 5 nitrogen and oxygen atoms in total. The number of halogens is 3. The number of rotatable bonds is 4. The zero-order chi connectivity index (χ0) is 19.6. The number of nitrogens with one attached hydrogen (secondary N) is 3. The third-order valence-corrected chi connectivity index (χ3v) is 5.04. The molecule has 0 aliphatic carbocycles. The summed E-state index contributed by atoms with van der Waals surface area (Å²) in [5.74, 6) is 1.37. The molecule has 0 unspecified atom stereocenters. The number of hydrogen-bond donors (Lipinski definition) is 2. The highest BCUT2D eigenvalue weighted by Crippen LogP contribution is 2.29. The fourth-order valence-corrected chi connectivity index (χ4v) is 3.51. The number of nitrogens with zero attached hydrogens (tertiary/aromatic N) is 2. The normalized spacial score (nSPS) is 15.8. The second-order valence-electron chi connectivity index (χ2n) is 7.00. The second kappa shape index (κ2) is 7.63. The van der Waals surface area contributed by atoms with Gasteiger partial charge in [-0.05, 0) is 6.07 Å². The lowest BCUT2D eigenvalue weighted by Crippen LogP contribution is -3.13. The molecule has 146 valence electrons. The molecular formula is C20H22F3N5+2. The fourth-order valence-electron chi connectivity index (χ4n) is 3.51. The molecule has 0 amide bonds. The summed E-state index contributed by atoms with van der Waals surface area (Å²) >= 11 is 0. The van der Waals surface area contributed by atoms with E-state index in [2.05, 4.69) is 15.0 Å². The van der Waals surface area contributed by atoms with Crippen LogP contribution in [0.15, 0.2) is 54.9 Å². The van der Waals surface area contributed by atoms with Crippen LogP contribution in [0, 0.1) is 0 Å². The summed E-state index contributed by atoms with van der Waals surface area (Å²) in [5, 5.41) is 0. The van der Waals surface area contributed by atoms with Crippen LogP contribution >= 0.6 is 0 Å². The van der Waals surface area contributed by atoms with Crippen molar-refractivity contribution in [1.82, 2.24) is 9.97 Å². The molecule has 0 radical (unpaired) electrons. The third-order valence-electron chi connectivity index (χ3n) is 5.04. The summed E-state index contributed by atoms with van der Waals surface area (Å²) in [4.78, 5) is 14.1. The van der Waals surface area contributed by atoms with Crippen molar-refractivity contribution >= 4 is 5.82 Å². The number of alkyl halides is 3. The number of hydrogen-bond acceptors (Lipinski definition) is 2. The number of benzene rings is 1. The van der Waals surface area contributed by atoms with Gasteiger partial charge in [0.15, 0.2) is 0 Å². The Morgan fingerprint density at radius 2 is 1.86 bits per heavy atom. The van der Waals surface area contributed by atoms with Crippen molar-refractivity contribution in [1.29, 1.82) is 0 Å². The molecule has 1 aromatic carbocycles. The molecule has 0 bridgehead atoms. The van der Waals surface area contributed by atoms with Crippen molar-refractivity contribution in [3.63, 3.8) is 0 Å². The van der Waals surface area contributed by atoms with Gasteiger partial charge < -0.3 is 9.88 Å². The average Bonchev–Trinajstić information content (AvgIpc) is 3.17. The van der Waals surface area contributed by atoms with Crippen molar-refractivity contribution in [2.45, 2.75) is 12.7 Å². The van der Waals surface area contributed by atoms with Gasteiger partial charge >= 0.3 is 6.18 Å². The smallest absolute Gasteiger partial charge is 0.337 e. The van der Waals surface area contributed by atoms with Gasteiger partial charge in [0, 0.05) is 11.6 Å². The summed E-state index contributed by atoms with van der Waals surface area (Å²) in [6.45, 7) is 3.92. The minimum atomic E-state index is -4.33. The zero-order valence-electron chi connectivity index (χ0n) is 15.3. The lowest BCUT2D eigenvalue weighted by Gasteiger charge is -2.28. The number of aromatic nitrogens is 3. The van der Waals surface area contributed by atoms with Gasteiger partial charge in [0.1, 0.15) is 38.5 Å². The van der Waals surface area contributed by atoms with E-state index in [1.165, 1.54) is 17.2 Å². The number of anilines is 1. The maximum absolute atomic E-state index is 12.9. The monoisotopic (exact) mass is 389 g/mol. The van der Waals surface area contributed by atoms with Gasteiger partial charge in [0.05, 0.1) is 23.7 Å². The lowest BCUT2D eigenvalue weighted by molar-refractivity contribution is -0.914. The van der Waals surface area contributed by atoms with Crippen LogP contribution in [0.3, 0.4) is 0 Å². The van der Waals surface area contributed by atoms with Crippen molar-refractivity contribution < 1.29 is 23.1 Å². The lowest BCUT2D eigenvalue weighted by atomic mass is 10.2. The number of piperazine rings is 1. The van der Waals surface area contributed by atoms with Gasteiger partial charge in [-0.1, -0.05) is 30.3 Å². The summed E-state index contributed by atoms with van der Waals surface area (Å²) in [5.41, 5.74) is 1.49. The van der Waals surface area contributed by atoms with E-state index in [1.807, 2.05) is 41.4 Å². The summed E-state index contributed by atoms with van der Waals surface area (Å²) in [6, 6.07) is 12.2. The van der Waals surface area contributed by atoms with Crippen LogP contribution < -0.4 is 14.8 Å². The summed E-state index contributed by atoms with van der Waals surface area (Å²) in [6.07, 6.45) is -1.11. The standard InChI is InChI=1S/C20H20F3N5/c21-20(22,23)16-6-7-24-18(12-16)28-10-8-27(9-11-28)14-17-13-25-19(26-17)15-4-2-1-3-5-15/h1-7,12-13H,8-11,14H2,(H,25,26)/p+2. The highest BCUT2D eigenvalue weighted by Gasteiger charge is 2.33. The van der Waals surface area contributed by atoms with Crippen molar-refractivity contribution in [3.8, 4) is 11.4 Å². The Morgan fingerprint density at radius 3 is 2.57 bits per heavy atom. The van der Waals surface area contributed by atoms with Gasteiger partial charge in [0.25, 0.3) is 5.82 Å². The largest absolute Gasteiger partial charge is 0.416 e. The molecule has 1 aliphatic heterocycles. The summed E-state index contributed by atoms with van der Waals surface area (Å²) in [7, 11) is 0. The van der Waals surface area contributed by atoms with Crippen LogP contribution in [0.2, 0.25) is 0 Å². The second-order valence-corrected chi connectivity index (χ2v) is 7.00. The van der Waals surface area contributed by atoms with E-state index >= 15 is 0 Å². The van der Waals surface area contributed by atoms with Gasteiger partial charge in [-0.2, -0.15) is 13.2 Å². The van der Waals surface area contributed by atoms with Gasteiger partial charge in [0.2, 0.25) is 0 Å². The molecule has 1 aliphatic rings. The molecule has 0 atom stereocenters. The van der Waals surface area contributed by atoms with Crippen molar-refractivity contribution in [2.75, 3.05) is 31.1 Å². The first-order valence-corrected chi connectivity index (χ1v) is 9.26. The number of imidazole rings is 1. The fraction of sp³-hybridized carbons (Fsp3) is 0.300. The Hall–Kier alpha value is -2.87. The number of pyridine rings is 1. The predicted molar refractivity (Wildman–Crippen MR) is 98.6 cm³/mol. The Morgan fingerprint density at radius 1 is 1.11 bits per heavy atom. The highest BCUT2D eigenvalue weighted by atomic mass is 19.4. The average molecular weight is 389 g/mol. The van der Waals surface area contributed by atoms with E-state index in [0.29, 0.717) is 18.9 Å². The first-order chi connectivity index (χ1) is 13.5. The molecule has 28 heavy (non-hydrogen) atoms. The van der Waals surface area contributed by atoms with Crippen LogP contribution in [0.1, 0.15) is 11.3 Å². The molecular weight excluding hydrogens is 367 g/mol. The number of quaternary nitrogens is 1. The van der Waals surface area contributed by atoms with Crippen LogP contribution in [-0.4, -0.2) is 36.1 Å².